The molecule has 4 nitrogen and oxygen atoms in total. The Balaban J connectivity index is 1.94. The van der Waals surface area contributed by atoms with Crippen LogP contribution in [0.1, 0.15) is 50.5 Å². The molecule has 0 radical (unpaired) electrons. The molecule has 0 aliphatic rings. The van der Waals surface area contributed by atoms with E-state index in [1.165, 1.54) is 10.5 Å². The van der Waals surface area contributed by atoms with E-state index < -0.39 is 0 Å². The second kappa shape index (κ2) is 8.20. The zero-order valence-electron chi connectivity index (χ0n) is 12.9. The molecule has 21 heavy (non-hydrogen) atoms. The smallest absolute Gasteiger partial charge is 0.237 e. The Labute approximate surface area is 130 Å². The maximum absolute atomic E-state index is 5.26. The van der Waals surface area contributed by atoms with Gasteiger partial charge in [0.05, 0.1) is 5.75 Å². The Hall–Kier alpha value is -1.33. The number of hydrogen-bond acceptors (Lipinski definition) is 5. The molecule has 0 saturated carbocycles. The zero-order chi connectivity index (χ0) is 15.1. The second-order valence-corrected chi connectivity index (χ2v) is 6.04. The highest BCUT2D eigenvalue weighted by molar-refractivity contribution is 7.98. The standard InChI is InChI=1S/C16H23N3OS/c1-4-7-15-18-16(20-19-15)11-21-14-9-6-8-13(10-14)12(3)17-5-2/h6,8-10,12,17H,4-5,7,11H2,1-3H3. The molecule has 1 aromatic carbocycles. The SMILES string of the molecule is CCCc1noc(CSc2cccc(C(C)NCC)c2)n1. The summed E-state index contributed by atoms with van der Waals surface area (Å²) < 4.78 is 5.26. The molecule has 0 bridgehead atoms. The lowest BCUT2D eigenvalue weighted by atomic mass is 10.1. The molecule has 2 rings (SSSR count). The lowest BCUT2D eigenvalue weighted by Crippen LogP contribution is -2.17. The molecule has 0 aliphatic carbocycles. The fraction of sp³-hybridized carbons (Fsp3) is 0.500. The van der Waals surface area contributed by atoms with Crippen LogP contribution in [0, 0.1) is 0 Å². The molecule has 2 aromatic rings. The minimum atomic E-state index is 0.370. The number of nitrogens with one attached hydrogen (secondary N) is 1. The van der Waals surface area contributed by atoms with E-state index in [1.807, 2.05) is 0 Å². The van der Waals surface area contributed by atoms with Gasteiger partial charge in [-0.25, -0.2) is 0 Å². The van der Waals surface area contributed by atoms with Crippen LogP contribution in [-0.2, 0) is 12.2 Å². The normalized spacial score (nSPS) is 12.5. The highest BCUT2D eigenvalue weighted by Crippen LogP contribution is 2.25. The number of rotatable bonds is 8. The minimum absolute atomic E-state index is 0.370. The Morgan fingerprint density at radius 1 is 1.33 bits per heavy atom. The van der Waals surface area contributed by atoms with Gasteiger partial charge in [-0.2, -0.15) is 4.98 Å². The van der Waals surface area contributed by atoms with E-state index in [2.05, 4.69) is 60.5 Å². The summed E-state index contributed by atoms with van der Waals surface area (Å²) in [5.41, 5.74) is 1.30. The highest BCUT2D eigenvalue weighted by atomic mass is 32.2. The lowest BCUT2D eigenvalue weighted by Gasteiger charge is -2.13. The van der Waals surface area contributed by atoms with E-state index in [9.17, 15) is 0 Å². The molecule has 5 heteroatoms. The first-order valence-electron chi connectivity index (χ1n) is 7.50. The van der Waals surface area contributed by atoms with Crippen molar-refractivity contribution in [2.45, 2.75) is 50.3 Å². The predicted octanol–water partition coefficient (Wildman–Crippen LogP) is 3.98. The van der Waals surface area contributed by atoms with Crippen molar-refractivity contribution in [1.82, 2.24) is 15.5 Å². The third-order valence-corrected chi connectivity index (χ3v) is 4.19. The van der Waals surface area contributed by atoms with E-state index in [1.54, 1.807) is 11.8 Å². The van der Waals surface area contributed by atoms with Crippen LogP contribution < -0.4 is 5.32 Å². The summed E-state index contributed by atoms with van der Waals surface area (Å²) in [6, 6.07) is 8.97. The van der Waals surface area contributed by atoms with Gasteiger partial charge in [0.15, 0.2) is 5.82 Å². The average molecular weight is 305 g/mol. The summed E-state index contributed by atoms with van der Waals surface area (Å²) in [5, 5.41) is 7.41. The van der Waals surface area contributed by atoms with Crippen molar-refractivity contribution in [1.29, 1.82) is 0 Å². The van der Waals surface area contributed by atoms with Crippen LogP contribution in [0.2, 0.25) is 0 Å². The Bertz CT molecular complexity index is 556. The predicted molar refractivity (Wildman–Crippen MR) is 86.4 cm³/mol. The summed E-state index contributed by atoms with van der Waals surface area (Å²) in [6.07, 6.45) is 1.92. The topological polar surface area (TPSA) is 51.0 Å². The van der Waals surface area contributed by atoms with Crippen molar-refractivity contribution >= 4 is 11.8 Å². The Kier molecular flexibility index (Phi) is 6.26. The van der Waals surface area contributed by atoms with E-state index in [-0.39, 0.29) is 0 Å². The van der Waals surface area contributed by atoms with Gasteiger partial charge >= 0.3 is 0 Å². The maximum atomic E-state index is 5.26. The Morgan fingerprint density at radius 3 is 2.95 bits per heavy atom. The van der Waals surface area contributed by atoms with Gasteiger partial charge in [-0.15, -0.1) is 11.8 Å². The third kappa shape index (κ3) is 4.86. The molecular formula is C16H23N3OS. The molecule has 114 valence electrons. The fourth-order valence-electron chi connectivity index (χ4n) is 2.12. The average Bonchev–Trinajstić information content (AvgIpc) is 2.94. The van der Waals surface area contributed by atoms with Crippen molar-refractivity contribution in [2.24, 2.45) is 0 Å². The van der Waals surface area contributed by atoms with Crippen LogP contribution in [0.4, 0.5) is 0 Å². The van der Waals surface area contributed by atoms with E-state index in [4.69, 9.17) is 4.52 Å². The van der Waals surface area contributed by atoms with Crippen LogP contribution in [0.25, 0.3) is 0 Å². The van der Waals surface area contributed by atoms with Gasteiger partial charge in [0.1, 0.15) is 0 Å². The van der Waals surface area contributed by atoms with Crippen molar-refractivity contribution in [2.75, 3.05) is 6.54 Å². The number of benzene rings is 1. The van der Waals surface area contributed by atoms with Gasteiger partial charge in [-0.1, -0.05) is 31.1 Å². The van der Waals surface area contributed by atoms with Crippen LogP contribution in [0.3, 0.4) is 0 Å². The highest BCUT2D eigenvalue weighted by Gasteiger charge is 2.08. The molecule has 0 spiro atoms. The van der Waals surface area contributed by atoms with Crippen LogP contribution >= 0.6 is 11.8 Å². The third-order valence-electron chi connectivity index (χ3n) is 3.21. The molecule has 0 amide bonds. The summed E-state index contributed by atoms with van der Waals surface area (Å²) in [5.74, 6) is 2.23. The number of aromatic nitrogens is 2. The van der Waals surface area contributed by atoms with E-state index in [0.29, 0.717) is 11.9 Å². The molecule has 0 aliphatic heterocycles. The molecule has 0 fully saturated rings. The van der Waals surface area contributed by atoms with E-state index in [0.717, 1.165) is 31.0 Å². The fourth-order valence-corrected chi connectivity index (χ4v) is 2.92. The van der Waals surface area contributed by atoms with E-state index >= 15 is 0 Å². The number of hydrogen-bond donors (Lipinski definition) is 1. The van der Waals surface area contributed by atoms with Gasteiger partial charge in [0.2, 0.25) is 5.89 Å². The first kappa shape index (κ1) is 16.0. The molecule has 1 atom stereocenters. The zero-order valence-corrected chi connectivity index (χ0v) is 13.7. The largest absolute Gasteiger partial charge is 0.338 e. The maximum Gasteiger partial charge on any atom is 0.237 e. The van der Waals surface area contributed by atoms with Crippen LogP contribution in [-0.4, -0.2) is 16.7 Å². The Morgan fingerprint density at radius 2 is 2.19 bits per heavy atom. The summed E-state index contributed by atoms with van der Waals surface area (Å²) in [7, 11) is 0. The second-order valence-electron chi connectivity index (χ2n) is 4.99. The molecule has 1 heterocycles. The lowest BCUT2D eigenvalue weighted by molar-refractivity contribution is 0.384. The van der Waals surface area contributed by atoms with Gasteiger partial charge in [0, 0.05) is 17.4 Å². The first-order chi connectivity index (χ1) is 10.2. The molecule has 1 unspecified atom stereocenters. The summed E-state index contributed by atoms with van der Waals surface area (Å²) in [6.45, 7) is 7.39. The summed E-state index contributed by atoms with van der Waals surface area (Å²) >= 11 is 1.73. The van der Waals surface area contributed by atoms with Gasteiger partial charge in [0.25, 0.3) is 0 Å². The quantitative estimate of drug-likeness (QED) is 0.747. The first-order valence-corrected chi connectivity index (χ1v) is 8.49. The number of nitrogens with zero attached hydrogens (tertiary/aromatic N) is 2. The van der Waals surface area contributed by atoms with Crippen molar-refractivity contribution in [3.8, 4) is 0 Å². The van der Waals surface area contributed by atoms with Gasteiger partial charge < -0.3 is 9.84 Å². The number of aryl methyl sites for hydroxylation is 1. The molecule has 1 N–H and O–H groups in total. The van der Waals surface area contributed by atoms with Crippen LogP contribution in [0.5, 0.6) is 0 Å². The minimum Gasteiger partial charge on any atom is -0.338 e. The molecule has 0 saturated heterocycles. The number of thioether (sulfide) groups is 1. The van der Waals surface area contributed by atoms with Gasteiger partial charge in [-0.05, 0) is 37.6 Å². The van der Waals surface area contributed by atoms with Gasteiger partial charge in [-0.3, -0.25) is 0 Å². The summed E-state index contributed by atoms with van der Waals surface area (Å²) in [4.78, 5) is 5.62. The van der Waals surface area contributed by atoms with Crippen molar-refractivity contribution < 1.29 is 4.52 Å². The molecule has 1 aromatic heterocycles. The van der Waals surface area contributed by atoms with Crippen molar-refractivity contribution in [3.05, 3.63) is 41.5 Å². The van der Waals surface area contributed by atoms with Crippen molar-refractivity contribution in [3.63, 3.8) is 0 Å². The monoisotopic (exact) mass is 305 g/mol. The molecular weight excluding hydrogens is 282 g/mol. The van der Waals surface area contributed by atoms with Crippen LogP contribution in [0.15, 0.2) is 33.7 Å².